The van der Waals surface area contributed by atoms with Crippen molar-refractivity contribution in [3.8, 4) is 11.5 Å². The first-order valence-corrected chi connectivity index (χ1v) is 11.1. The molecule has 0 saturated heterocycles. The van der Waals surface area contributed by atoms with Crippen molar-refractivity contribution >= 4 is 63.5 Å². The van der Waals surface area contributed by atoms with Gasteiger partial charge in [0.25, 0.3) is 0 Å². The highest BCUT2D eigenvalue weighted by atomic mass is 127. The number of hydrogen-bond acceptors (Lipinski definition) is 7. The van der Waals surface area contributed by atoms with E-state index in [0.717, 1.165) is 9.13 Å². The summed E-state index contributed by atoms with van der Waals surface area (Å²) in [6.07, 6.45) is 2.96. The Hall–Kier alpha value is -2.63. The second kappa shape index (κ2) is 11.3. The van der Waals surface area contributed by atoms with Crippen LogP contribution in [0.5, 0.6) is 11.5 Å². The van der Waals surface area contributed by atoms with Crippen LogP contribution in [0.2, 0.25) is 10.0 Å². The summed E-state index contributed by atoms with van der Waals surface area (Å²) in [5.41, 5.74) is 3.94. The van der Waals surface area contributed by atoms with Gasteiger partial charge in [0.2, 0.25) is 5.82 Å². The fourth-order valence-electron chi connectivity index (χ4n) is 2.65. The molecule has 0 bridgehead atoms. The fourth-order valence-corrected chi connectivity index (χ4v) is 3.90. The maximum Gasteiger partial charge on any atom is 0.313 e. The van der Waals surface area contributed by atoms with E-state index in [0.29, 0.717) is 33.7 Å². The normalized spacial score (nSPS) is 10.9. The van der Waals surface area contributed by atoms with Crippen molar-refractivity contribution in [1.82, 2.24) is 4.98 Å². The van der Waals surface area contributed by atoms with Crippen LogP contribution < -0.4 is 14.9 Å². The van der Waals surface area contributed by atoms with Crippen molar-refractivity contribution < 1.29 is 14.4 Å². The van der Waals surface area contributed by atoms with Gasteiger partial charge in [-0.3, -0.25) is 15.5 Å². The van der Waals surface area contributed by atoms with E-state index in [9.17, 15) is 10.1 Å². The molecule has 0 saturated carbocycles. The number of hydrogen-bond donors (Lipinski definition) is 1. The highest BCUT2D eigenvalue weighted by Crippen LogP contribution is 2.35. The lowest BCUT2D eigenvalue weighted by Crippen LogP contribution is -2.03. The molecule has 8 nitrogen and oxygen atoms in total. The number of aromatic nitrogens is 1. The van der Waals surface area contributed by atoms with Gasteiger partial charge in [-0.1, -0.05) is 29.3 Å². The third-order valence-corrected chi connectivity index (χ3v) is 5.47. The number of benzene rings is 2. The van der Waals surface area contributed by atoms with Crippen LogP contribution in [0.1, 0.15) is 18.1 Å². The van der Waals surface area contributed by atoms with Gasteiger partial charge in [0.1, 0.15) is 6.61 Å². The van der Waals surface area contributed by atoms with Crippen molar-refractivity contribution in [3.05, 3.63) is 83.5 Å². The Kier molecular flexibility index (Phi) is 8.48. The minimum absolute atomic E-state index is 0.0493. The van der Waals surface area contributed by atoms with Crippen LogP contribution in [0.4, 0.5) is 11.5 Å². The number of nitrogens with one attached hydrogen (secondary N) is 1. The van der Waals surface area contributed by atoms with E-state index in [1.807, 2.05) is 13.0 Å². The van der Waals surface area contributed by atoms with Crippen molar-refractivity contribution in [1.29, 1.82) is 0 Å². The third-order valence-electron chi connectivity index (χ3n) is 4.09. The number of nitrogens with zero attached hydrogens (tertiary/aromatic N) is 3. The van der Waals surface area contributed by atoms with Crippen LogP contribution in [-0.4, -0.2) is 22.7 Å². The van der Waals surface area contributed by atoms with Crippen LogP contribution in [0.25, 0.3) is 0 Å². The smallest absolute Gasteiger partial charge is 0.313 e. The molecule has 0 unspecified atom stereocenters. The number of halogens is 3. The minimum atomic E-state index is -0.528. The van der Waals surface area contributed by atoms with E-state index in [1.165, 1.54) is 24.5 Å². The topological polar surface area (TPSA) is 98.9 Å². The van der Waals surface area contributed by atoms with Crippen LogP contribution in [-0.2, 0) is 6.61 Å². The van der Waals surface area contributed by atoms with Gasteiger partial charge >= 0.3 is 5.69 Å². The molecule has 1 N–H and O–H groups in total. The largest absolute Gasteiger partial charge is 0.490 e. The zero-order valence-corrected chi connectivity index (χ0v) is 20.4. The summed E-state index contributed by atoms with van der Waals surface area (Å²) in [4.78, 5) is 14.5. The molecule has 32 heavy (non-hydrogen) atoms. The first kappa shape index (κ1) is 24.0. The monoisotopic (exact) mass is 586 g/mol. The number of nitro groups is 1. The van der Waals surface area contributed by atoms with Gasteiger partial charge in [0, 0.05) is 27.9 Å². The van der Waals surface area contributed by atoms with Crippen molar-refractivity contribution in [2.75, 3.05) is 12.0 Å². The summed E-state index contributed by atoms with van der Waals surface area (Å²) >= 11 is 14.3. The first-order chi connectivity index (χ1) is 15.4. The molecule has 0 aliphatic rings. The molecule has 11 heteroatoms. The molecule has 2 aromatic carbocycles. The molecule has 0 aliphatic carbocycles. The Morgan fingerprint density at radius 1 is 1.25 bits per heavy atom. The number of anilines is 1. The second-order valence-electron chi connectivity index (χ2n) is 6.29. The maximum absolute atomic E-state index is 11.1. The van der Waals surface area contributed by atoms with E-state index in [2.05, 4.69) is 38.1 Å². The zero-order valence-electron chi connectivity index (χ0n) is 16.7. The first-order valence-electron chi connectivity index (χ1n) is 9.30. The SMILES string of the molecule is CCOc1cc(/C=N\Nc2ncccc2[N+](=O)[O-])cc(I)c1OCc1ccc(Cl)cc1Cl. The quantitative estimate of drug-likeness (QED) is 0.136. The average Bonchev–Trinajstić information content (AvgIpc) is 2.75. The summed E-state index contributed by atoms with van der Waals surface area (Å²) in [5.74, 6) is 1.16. The number of pyridine rings is 1. The molecule has 0 amide bonds. The summed E-state index contributed by atoms with van der Waals surface area (Å²) in [7, 11) is 0. The summed E-state index contributed by atoms with van der Waals surface area (Å²) in [5, 5.41) is 16.2. The minimum Gasteiger partial charge on any atom is -0.490 e. The Labute approximate surface area is 207 Å². The summed E-state index contributed by atoms with van der Waals surface area (Å²) < 4.78 is 12.5. The van der Waals surface area contributed by atoms with E-state index in [-0.39, 0.29) is 18.1 Å². The molecular weight excluding hydrogens is 570 g/mol. The number of ether oxygens (including phenoxy) is 2. The maximum atomic E-state index is 11.1. The molecule has 0 radical (unpaired) electrons. The van der Waals surface area contributed by atoms with Gasteiger partial charge in [-0.15, -0.1) is 0 Å². The highest BCUT2D eigenvalue weighted by molar-refractivity contribution is 14.1. The zero-order chi connectivity index (χ0) is 23.1. The van der Waals surface area contributed by atoms with Crippen molar-refractivity contribution in [2.24, 2.45) is 5.10 Å². The van der Waals surface area contributed by atoms with E-state index < -0.39 is 4.92 Å². The Morgan fingerprint density at radius 2 is 2.06 bits per heavy atom. The lowest BCUT2D eigenvalue weighted by Gasteiger charge is -2.15. The fraction of sp³-hybridized carbons (Fsp3) is 0.143. The average molecular weight is 587 g/mol. The predicted octanol–water partition coefficient (Wildman–Crippen LogP) is 6.32. The lowest BCUT2D eigenvalue weighted by atomic mass is 10.2. The number of rotatable bonds is 9. The molecular formula is C21H17Cl2IN4O4. The van der Waals surface area contributed by atoms with E-state index in [4.69, 9.17) is 32.7 Å². The summed E-state index contributed by atoms with van der Waals surface area (Å²) in [6, 6.07) is 11.7. The highest BCUT2D eigenvalue weighted by Gasteiger charge is 2.15. The Morgan fingerprint density at radius 3 is 2.78 bits per heavy atom. The Balaban J connectivity index is 1.79. The molecule has 1 heterocycles. The van der Waals surface area contributed by atoms with E-state index >= 15 is 0 Å². The molecule has 0 fully saturated rings. The molecule has 0 spiro atoms. The van der Waals surface area contributed by atoms with Gasteiger partial charge < -0.3 is 9.47 Å². The van der Waals surface area contributed by atoms with Crippen LogP contribution in [0.3, 0.4) is 0 Å². The third kappa shape index (κ3) is 6.21. The van der Waals surface area contributed by atoms with Crippen LogP contribution in [0.15, 0.2) is 53.8 Å². The van der Waals surface area contributed by atoms with Gasteiger partial charge in [0.05, 0.1) is 21.3 Å². The predicted molar refractivity (Wildman–Crippen MR) is 133 cm³/mol. The standard InChI is InChI=1S/C21H17Cl2IN4O4/c1-2-31-19-9-13(11-26-27-21-18(28(29)30)4-3-7-25-21)8-17(24)20(19)32-12-14-5-6-15(22)10-16(14)23/h3-11H,2,12H2,1H3,(H,25,27)/b26-11-. The van der Waals surface area contributed by atoms with Crippen LogP contribution in [0, 0.1) is 13.7 Å². The summed E-state index contributed by atoms with van der Waals surface area (Å²) in [6.45, 7) is 2.55. The van der Waals surface area contributed by atoms with E-state index in [1.54, 1.807) is 24.3 Å². The second-order valence-corrected chi connectivity index (χ2v) is 8.29. The molecule has 166 valence electrons. The molecule has 0 aliphatic heterocycles. The number of hydrazone groups is 1. The van der Waals surface area contributed by atoms with Gasteiger partial charge in [-0.2, -0.15) is 5.10 Å². The van der Waals surface area contributed by atoms with Gasteiger partial charge in [0.15, 0.2) is 11.5 Å². The van der Waals surface area contributed by atoms with Gasteiger partial charge in [-0.05, 0) is 65.4 Å². The molecule has 0 atom stereocenters. The van der Waals surface area contributed by atoms with Crippen LogP contribution >= 0.6 is 45.8 Å². The molecule has 3 aromatic rings. The Bertz CT molecular complexity index is 1160. The van der Waals surface area contributed by atoms with Gasteiger partial charge in [-0.25, -0.2) is 4.98 Å². The lowest BCUT2D eigenvalue weighted by molar-refractivity contribution is -0.384. The van der Waals surface area contributed by atoms with Crippen molar-refractivity contribution in [3.63, 3.8) is 0 Å². The molecule has 3 rings (SSSR count). The van der Waals surface area contributed by atoms with Crippen molar-refractivity contribution in [2.45, 2.75) is 13.5 Å². The molecule has 1 aromatic heterocycles.